The molecule has 0 amide bonds. The second-order valence-corrected chi connectivity index (χ2v) is 2.08. The van der Waals surface area contributed by atoms with Gasteiger partial charge in [-0.3, -0.25) is 4.79 Å². The first-order valence-corrected chi connectivity index (χ1v) is 3.41. The molecule has 0 fully saturated rings. The Balaban J connectivity index is 3.25. The molecule has 3 heteroatoms. The molecule has 0 N–H and O–H groups in total. The van der Waals surface area contributed by atoms with E-state index in [-0.39, 0.29) is 12.1 Å². The Bertz CT molecular complexity index is 101. The zero-order valence-electron chi connectivity index (χ0n) is 6.72. The Hall–Kier alpha value is -0.570. The van der Waals surface area contributed by atoms with Crippen LogP contribution in [0.2, 0.25) is 0 Å². The molecule has 3 nitrogen and oxygen atoms in total. The molecule has 0 aliphatic rings. The summed E-state index contributed by atoms with van der Waals surface area (Å²) in [6.45, 7) is 6.24. The number of esters is 1. The molecule has 0 rings (SSSR count). The summed E-state index contributed by atoms with van der Waals surface area (Å²) in [5.41, 5.74) is 0. The summed E-state index contributed by atoms with van der Waals surface area (Å²) < 4.78 is 9.81. The monoisotopic (exact) mass is 146 g/mol. The Kier molecular flexibility index (Phi) is 4.94. The third-order valence-corrected chi connectivity index (χ3v) is 0.924. The summed E-state index contributed by atoms with van der Waals surface area (Å²) in [5.74, 6) is -0.257. The lowest BCUT2D eigenvalue weighted by Gasteiger charge is -2.10. The van der Waals surface area contributed by atoms with Gasteiger partial charge >= 0.3 is 5.97 Å². The van der Waals surface area contributed by atoms with E-state index in [0.29, 0.717) is 13.2 Å². The predicted molar refractivity (Wildman–Crippen MR) is 37.7 cm³/mol. The molecule has 0 aromatic rings. The quantitative estimate of drug-likeness (QED) is 0.554. The van der Waals surface area contributed by atoms with Gasteiger partial charge in [0, 0.05) is 13.5 Å². The maximum absolute atomic E-state index is 10.3. The van der Waals surface area contributed by atoms with Gasteiger partial charge in [0.2, 0.25) is 0 Å². The van der Waals surface area contributed by atoms with Gasteiger partial charge in [0.05, 0.1) is 6.61 Å². The molecule has 0 unspecified atom stereocenters. The molecule has 0 bridgehead atoms. The van der Waals surface area contributed by atoms with Crippen molar-refractivity contribution in [3.63, 3.8) is 0 Å². The number of ether oxygens (including phenoxy) is 2. The molecule has 0 heterocycles. The van der Waals surface area contributed by atoms with E-state index in [9.17, 15) is 4.79 Å². The Morgan fingerprint density at radius 2 is 2.20 bits per heavy atom. The first-order valence-electron chi connectivity index (χ1n) is 3.41. The smallest absolute Gasteiger partial charge is 0.302 e. The summed E-state index contributed by atoms with van der Waals surface area (Å²) in [7, 11) is 0. The molecular formula is C7H14O3. The SMILES string of the molecule is CCOC[C@@H](C)OC(C)=O. The van der Waals surface area contributed by atoms with Crippen molar-refractivity contribution in [3.05, 3.63) is 0 Å². The number of rotatable bonds is 4. The topological polar surface area (TPSA) is 35.5 Å². The third kappa shape index (κ3) is 5.56. The molecule has 0 saturated heterocycles. The third-order valence-electron chi connectivity index (χ3n) is 0.924. The molecular weight excluding hydrogens is 132 g/mol. The summed E-state index contributed by atoms with van der Waals surface area (Å²) >= 11 is 0. The van der Waals surface area contributed by atoms with Crippen LogP contribution in [0, 0.1) is 0 Å². The number of carbonyl (C=O) groups excluding carboxylic acids is 1. The Morgan fingerprint density at radius 3 is 2.60 bits per heavy atom. The highest BCUT2D eigenvalue weighted by molar-refractivity contribution is 5.66. The predicted octanol–water partition coefficient (Wildman–Crippen LogP) is 0.974. The fourth-order valence-electron chi connectivity index (χ4n) is 0.601. The van der Waals surface area contributed by atoms with Gasteiger partial charge in [-0.2, -0.15) is 0 Å². The molecule has 0 saturated carbocycles. The van der Waals surface area contributed by atoms with Crippen LogP contribution in [-0.2, 0) is 14.3 Å². The lowest BCUT2D eigenvalue weighted by atomic mass is 10.4. The zero-order valence-corrected chi connectivity index (χ0v) is 6.72. The van der Waals surface area contributed by atoms with Crippen LogP contribution in [0.3, 0.4) is 0 Å². The fraction of sp³-hybridized carbons (Fsp3) is 0.857. The average Bonchev–Trinajstić information content (AvgIpc) is 1.82. The van der Waals surface area contributed by atoms with E-state index < -0.39 is 0 Å². The molecule has 0 aliphatic carbocycles. The fourth-order valence-corrected chi connectivity index (χ4v) is 0.601. The van der Waals surface area contributed by atoms with Gasteiger partial charge in [-0.05, 0) is 13.8 Å². The molecule has 10 heavy (non-hydrogen) atoms. The van der Waals surface area contributed by atoms with E-state index in [1.807, 2.05) is 6.92 Å². The lowest BCUT2D eigenvalue weighted by Crippen LogP contribution is -2.18. The van der Waals surface area contributed by atoms with Gasteiger partial charge in [-0.25, -0.2) is 0 Å². The molecule has 0 aromatic carbocycles. The van der Waals surface area contributed by atoms with Crippen molar-refractivity contribution in [1.82, 2.24) is 0 Å². The summed E-state index contributed by atoms with van der Waals surface area (Å²) in [6, 6.07) is 0. The van der Waals surface area contributed by atoms with Crippen molar-refractivity contribution in [1.29, 1.82) is 0 Å². The number of carbonyl (C=O) groups is 1. The molecule has 0 radical (unpaired) electrons. The average molecular weight is 146 g/mol. The van der Waals surface area contributed by atoms with E-state index in [2.05, 4.69) is 0 Å². The summed E-state index contributed by atoms with van der Waals surface area (Å²) in [5, 5.41) is 0. The maximum Gasteiger partial charge on any atom is 0.302 e. The highest BCUT2D eigenvalue weighted by Crippen LogP contribution is 1.91. The highest BCUT2D eigenvalue weighted by Gasteiger charge is 2.03. The minimum absolute atomic E-state index is 0.127. The highest BCUT2D eigenvalue weighted by atomic mass is 16.6. The van der Waals surface area contributed by atoms with Gasteiger partial charge < -0.3 is 9.47 Å². The largest absolute Gasteiger partial charge is 0.460 e. The normalized spacial score (nSPS) is 12.7. The van der Waals surface area contributed by atoms with Gasteiger partial charge in [-0.1, -0.05) is 0 Å². The van der Waals surface area contributed by atoms with Gasteiger partial charge in [0.1, 0.15) is 6.10 Å². The van der Waals surface area contributed by atoms with Crippen molar-refractivity contribution < 1.29 is 14.3 Å². The van der Waals surface area contributed by atoms with Crippen LogP contribution in [0.15, 0.2) is 0 Å². The van der Waals surface area contributed by atoms with Crippen molar-refractivity contribution >= 4 is 5.97 Å². The molecule has 0 spiro atoms. The number of hydrogen-bond donors (Lipinski definition) is 0. The first-order chi connectivity index (χ1) is 4.66. The van der Waals surface area contributed by atoms with Gasteiger partial charge in [0.25, 0.3) is 0 Å². The first kappa shape index (κ1) is 9.43. The summed E-state index contributed by atoms with van der Waals surface area (Å²) in [6.07, 6.45) is -0.127. The van der Waals surface area contributed by atoms with Crippen molar-refractivity contribution in [3.8, 4) is 0 Å². The second kappa shape index (κ2) is 5.23. The Morgan fingerprint density at radius 1 is 1.60 bits per heavy atom. The number of hydrogen-bond acceptors (Lipinski definition) is 3. The molecule has 60 valence electrons. The van der Waals surface area contributed by atoms with Crippen LogP contribution in [0.25, 0.3) is 0 Å². The Labute approximate surface area is 61.3 Å². The zero-order chi connectivity index (χ0) is 7.98. The van der Waals surface area contributed by atoms with Gasteiger partial charge in [0.15, 0.2) is 0 Å². The van der Waals surface area contributed by atoms with Crippen LogP contribution in [0.1, 0.15) is 20.8 Å². The van der Waals surface area contributed by atoms with Crippen molar-refractivity contribution in [2.75, 3.05) is 13.2 Å². The van der Waals surface area contributed by atoms with Gasteiger partial charge in [-0.15, -0.1) is 0 Å². The van der Waals surface area contributed by atoms with Crippen LogP contribution in [0.4, 0.5) is 0 Å². The van der Waals surface area contributed by atoms with E-state index >= 15 is 0 Å². The van der Waals surface area contributed by atoms with Crippen molar-refractivity contribution in [2.45, 2.75) is 26.9 Å². The molecule has 1 atom stereocenters. The molecule has 0 aromatic heterocycles. The van der Waals surface area contributed by atoms with E-state index in [4.69, 9.17) is 9.47 Å². The molecule has 0 aliphatic heterocycles. The second-order valence-electron chi connectivity index (χ2n) is 2.08. The minimum Gasteiger partial charge on any atom is -0.460 e. The summed E-state index contributed by atoms with van der Waals surface area (Å²) in [4.78, 5) is 10.3. The van der Waals surface area contributed by atoms with Crippen LogP contribution in [-0.4, -0.2) is 25.3 Å². The van der Waals surface area contributed by atoms with E-state index in [0.717, 1.165) is 0 Å². The minimum atomic E-state index is -0.257. The van der Waals surface area contributed by atoms with E-state index in [1.165, 1.54) is 6.92 Å². The van der Waals surface area contributed by atoms with Crippen LogP contribution >= 0.6 is 0 Å². The van der Waals surface area contributed by atoms with Crippen molar-refractivity contribution in [2.24, 2.45) is 0 Å². The lowest BCUT2D eigenvalue weighted by molar-refractivity contribution is -0.148. The maximum atomic E-state index is 10.3. The van der Waals surface area contributed by atoms with Crippen LogP contribution < -0.4 is 0 Å². The van der Waals surface area contributed by atoms with Crippen LogP contribution in [0.5, 0.6) is 0 Å². The van der Waals surface area contributed by atoms with E-state index in [1.54, 1.807) is 6.92 Å². The standard InChI is InChI=1S/C7H14O3/c1-4-9-5-6(2)10-7(3)8/h6H,4-5H2,1-3H3/t6-/m1/s1.